The number of fused-ring (bicyclic) bond motifs is 1. The number of methoxy groups -OCH3 is 1. The zero-order chi connectivity index (χ0) is 33.5. The van der Waals surface area contributed by atoms with Crippen LogP contribution in [0.1, 0.15) is 74.7 Å². The number of hydrazine groups is 1. The van der Waals surface area contributed by atoms with Crippen LogP contribution in [-0.4, -0.2) is 114 Å². The van der Waals surface area contributed by atoms with E-state index < -0.39 is 83.4 Å². The van der Waals surface area contributed by atoms with Gasteiger partial charge in [0.1, 0.15) is 30.0 Å². The van der Waals surface area contributed by atoms with Gasteiger partial charge >= 0.3 is 12.1 Å². The van der Waals surface area contributed by atoms with Crippen molar-refractivity contribution in [2.45, 2.75) is 129 Å². The van der Waals surface area contributed by atoms with Crippen LogP contribution in [0, 0.1) is 23.7 Å². The van der Waals surface area contributed by atoms with E-state index in [0.717, 1.165) is 5.01 Å². The fourth-order valence-electron chi connectivity index (χ4n) is 7.41. The van der Waals surface area contributed by atoms with Crippen LogP contribution in [0.5, 0.6) is 0 Å². The number of nitrogens with zero attached hydrogens (tertiary/aromatic N) is 2. The lowest BCUT2D eigenvalue weighted by Crippen LogP contribution is -2.60. The number of ketones is 2. The maximum absolute atomic E-state index is 14.0. The van der Waals surface area contributed by atoms with Gasteiger partial charge in [-0.25, -0.2) is 15.6 Å². The fourth-order valence-corrected chi connectivity index (χ4v) is 7.41. The molecule has 13 nitrogen and oxygen atoms in total. The van der Waals surface area contributed by atoms with Crippen molar-refractivity contribution in [3.63, 3.8) is 0 Å². The van der Waals surface area contributed by atoms with Gasteiger partial charge in [0.25, 0.3) is 0 Å². The first-order chi connectivity index (χ1) is 20.3. The summed E-state index contributed by atoms with van der Waals surface area (Å²) in [6, 6.07) is -1.22. The molecule has 0 spiro atoms. The van der Waals surface area contributed by atoms with Crippen LogP contribution in [0.4, 0.5) is 4.79 Å². The summed E-state index contributed by atoms with van der Waals surface area (Å²) in [4.78, 5) is 56.1. The average molecular weight is 628 g/mol. The standard InChI is InChI=1S/C31H53N3O10/c1-12-21-31(8)25(34(32)29(39)44-31)17(4)22(35)15(2)14-30(7,40-11)26(18(5)23(36)19(6)27(38)42-21)43-28-24(37)20(33(9)10)13-16(3)41-28/h15-21,24-26,28,37H,12-14,32H2,1-11H3/t15-,16-,17+,18+,19-,20-,21-,24-,25-,26-,28+,30+,31-/m1/s1. The lowest BCUT2D eigenvalue weighted by Gasteiger charge is -2.47. The molecule has 0 bridgehead atoms. The molecule has 3 heterocycles. The quantitative estimate of drug-likeness (QED) is 0.197. The first kappa shape index (κ1) is 36.3. The number of esters is 1. The minimum absolute atomic E-state index is 0.114. The third-order valence-electron chi connectivity index (χ3n) is 10.1. The third-order valence-corrected chi connectivity index (χ3v) is 10.1. The second kappa shape index (κ2) is 13.7. The molecule has 0 aromatic rings. The van der Waals surface area contributed by atoms with Crippen LogP contribution in [-0.2, 0) is 38.1 Å². The number of amides is 1. The zero-order valence-corrected chi connectivity index (χ0v) is 28.1. The Hall–Kier alpha value is -2.16. The molecule has 0 aromatic heterocycles. The van der Waals surface area contributed by atoms with Gasteiger partial charge in [0, 0.05) is 30.9 Å². The summed E-state index contributed by atoms with van der Waals surface area (Å²) >= 11 is 0. The van der Waals surface area contributed by atoms with Gasteiger partial charge in [0.15, 0.2) is 17.7 Å². The maximum Gasteiger partial charge on any atom is 0.425 e. The molecule has 3 aliphatic heterocycles. The van der Waals surface area contributed by atoms with Crippen molar-refractivity contribution < 1.29 is 48.0 Å². The molecule has 1 amide bonds. The summed E-state index contributed by atoms with van der Waals surface area (Å²) in [5.74, 6) is 1.03. The van der Waals surface area contributed by atoms with Crippen LogP contribution in [0.25, 0.3) is 0 Å². The Morgan fingerprint density at radius 2 is 1.66 bits per heavy atom. The molecule has 3 rings (SSSR count). The molecule has 13 atom stereocenters. The number of aliphatic hydroxyl groups excluding tert-OH is 1. The normalized spacial score (nSPS) is 44.7. The van der Waals surface area contributed by atoms with Crippen molar-refractivity contribution in [3.8, 4) is 0 Å². The van der Waals surface area contributed by atoms with E-state index in [1.165, 1.54) is 14.0 Å². The van der Waals surface area contributed by atoms with E-state index in [-0.39, 0.29) is 30.8 Å². The minimum Gasteiger partial charge on any atom is -0.458 e. The van der Waals surface area contributed by atoms with Gasteiger partial charge < -0.3 is 33.7 Å². The number of cyclic esters (lactones) is 1. The fraction of sp³-hybridized carbons (Fsp3) is 0.871. The summed E-state index contributed by atoms with van der Waals surface area (Å²) in [7, 11) is 5.18. The van der Waals surface area contributed by atoms with E-state index in [0.29, 0.717) is 6.42 Å². The number of nitrogens with two attached hydrogens (primary N) is 1. The Morgan fingerprint density at radius 1 is 1.05 bits per heavy atom. The second-order valence-corrected chi connectivity index (χ2v) is 13.6. The number of aliphatic hydroxyl groups is 1. The Morgan fingerprint density at radius 3 is 2.20 bits per heavy atom. The van der Waals surface area contributed by atoms with E-state index >= 15 is 0 Å². The van der Waals surface area contributed by atoms with E-state index in [9.17, 15) is 24.3 Å². The highest BCUT2D eigenvalue weighted by Gasteiger charge is 2.60. The number of carbonyl (C=O) groups excluding carboxylic acids is 4. The van der Waals surface area contributed by atoms with Gasteiger partial charge in [-0.1, -0.05) is 27.7 Å². The highest BCUT2D eigenvalue weighted by molar-refractivity contribution is 6.00. The topological polar surface area (TPSA) is 167 Å². The Balaban J connectivity index is 2.11. The largest absolute Gasteiger partial charge is 0.458 e. The molecule has 252 valence electrons. The SMILES string of the molecule is CC[C@H]1OC(=O)[C@H](C)C(=O)[C@H](C)[C@@H](O[C@@H]2O[C@H](C)C[C@@H](N(C)C)[C@H]2O)[C@@](C)(OC)C[C@@H](C)C(=O)[C@H](C)[C@H]2N(N)C(=O)O[C@]12C. The highest BCUT2D eigenvalue weighted by atomic mass is 16.7. The van der Waals surface area contributed by atoms with Gasteiger partial charge in [-0.3, -0.25) is 14.4 Å². The van der Waals surface area contributed by atoms with Crippen molar-refractivity contribution in [1.29, 1.82) is 0 Å². The van der Waals surface area contributed by atoms with Gasteiger partial charge in [0.05, 0.1) is 17.8 Å². The summed E-state index contributed by atoms with van der Waals surface area (Å²) in [5.41, 5.74) is -2.71. The van der Waals surface area contributed by atoms with Crippen molar-refractivity contribution in [2.75, 3.05) is 21.2 Å². The molecule has 3 N–H and O–H groups in total. The number of hydrogen-bond acceptors (Lipinski definition) is 12. The van der Waals surface area contributed by atoms with Crippen molar-refractivity contribution in [2.24, 2.45) is 29.5 Å². The van der Waals surface area contributed by atoms with Crippen molar-refractivity contribution in [3.05, 3.63) is 0 Å². The number of carbonyl (C=O) groups is 4. The smallest absolute Gasteiger partial charge is 0.425 e. The number of Topliss-reactive ketones (excluding diaryl/α,β-unsaturated/α-hetero) is 2. The number of likely N-dealkylation sites (N-methyl/N-ethyl adjacent to an activating group) is 1. The third kappa shape index (κ3) is 6.68. The Bertz CT molecular complexity index is 1090. The van der Waals surface area contributed by atoms with Crippen LogP contribution >= 0.6 is 0 Å². The molecule has 13 heteroatoms. The van der Waals surface area contributed by atoms with Crippen LogP contribution < -0.4 is 5.84 Å². The van der Waals surface area contributed by atoms with Gasteiger partial charge in [-0.2, -0.15) is 0 Å². The average Bonchev–Trinajstić information content (AvgIpc) is 3.20. The van der Waals surface area contributed by atoms with Crippen molar-refractivity contribution >= 4 is 23.6 Å². The predicted molar refractivity (Wildman–Crippen MR) is 159 cm³/mol. The molecule has 0 radical (unpaired) electrons. The molecule has 0 unspecified atom stereocenters. The molecular weight excluding hydrogens is 574 g/mol. The number of ether oxygens (including phenoxy) is 5. The predicted octanol–water partition coefficient (Wildman–Crippen LogP) is 2.06. The van der Waals surface area contributed by atoms with Gasteiger partial charge in [-0.15, -0.1) is 0 Å². The Kier molecular flexibility index (Phi) is 11.3. The van der Waals surface area contributed by atoms with Crippen molar-refractivity contribution in [1.82, 2.24) is 9.91 Å². The van der Waals surface area contributed by atoms with E-state index in [2.05, 4.69) is 0 Å². The molecule has 3 saturated heterocycles. The molecule has 3 fully saturated rings. The molecule has 44 heavy (non-hydrogen) atoms. The van der Waals surface area contributed by atoms with Crippen LogP contribution in [0.15, 0.2) is 0 Å². The van der Waals surface area contributed by atoms with Crippen LogP contribution in [0.3, 0.4) is 0 Å². The maximum atomic E-state index is 14.0. The lowest BCUT2D eigenvalue weighted by molar-refractivity contribution is -0.295. The lowest BCUT2D eigenvalue weighted by atomic mass is 9.73. The van der Waals surface area contributed by atoms with Crippen LogP contribution in [0.2, 0.25) is 0 Å². The van der Waals surface area contributed by atoms with Gasteiger partial charge in [0.2, 0.25) is 0 Å². The zero-order valence-electron chi connectivity index (χ0n) is 28.1. The van der Waals surface area contributed by atoms with E-state index in [1.54, 1.807) is 41.5 Å². The molecule has 0 aliphatic carbocycles. The van der Waals surface area contributed by atoms with E-state index in [1.807, 2.05) is 25.9 Å². The molecule has 0 aromatic carbocycles. The highest BCUT2D eigenvalue weighted by Crippen LogP contribution is 2.42. The number of hydrogen-bond donors (Lipinski definition) is 2. The second-order valence-electron chi connectivity index (χ2n) is 13.6. The monoisotopic (exact) mass is 627 g/mol. The minimum atomic E-state index is -1.45. The number of rotatable bonds is 5. The first-order valence-electron chi connectivity index (χ1n) is 15.6. The summed E-state index contributed by atoms with van der Waals surface area (Å²) < 4.78 is 30.1. The molecular formula is C31H53N3O10. The van der Waals surface area contributed by atoms with Gasteiger partial charge in [-0.05, 0) is 61.1 Å². The summed E-state index contributed by atoms with van der Waals surface area (Å²) in [5, 5.41) is 12.1. The summed E-state index contributed by atoms with van der Waals surface area (Å²) in [6.07, 6.45) is -4.33. The van der Waals surface area contributed by atoms with E-state index in [4.69, 9.17) is 29.5 Å². The molecule has 3 aliphatic rings. The Labute approximate surface area is 261 Å². The molecule has 0 saturated carbocycles. The summed E-state index contributed by atoms with van der Waals surface area (Å²) in [6.45, 7) is 13.5. The first-order valence-corrected chi connectivity index (χ1v) is 15.6.